The number of hydrogen-bond acceptors (Lipinski definition) is 3. The topological polar surface area (TPSA) is 58.4 Å². The molecule has 1 saturated carbocycles. The smallest absolute Gasteiger partial charge is 0.223 e. The van der Waals surface area contributed by atoms with E-state index in [2.05, 4.69) is 22.3 Å². The van der Waals surface area contributed by atoms with Crippen molar-refractivity contribution in [1.82, 2.24) is 10.2 Å². The van der Waals surface area contributed by atoms with E-state index in [0.29, 0.717) is 19.0 Å². The number of likely N-dealkylation sites (N-methyl/N-ethyl adjacent to an activating group) is 1. The highest BCUT2D eigenvalue weighted by Crippen LogP contribution is 2.31. The van der Waals surface area contributed by atoms with Gasteiger partial charge in [-0.25, -0.2) is 0 Å². The highest BCUT2D eigenvalue weighted by atomic mass is 16.1. The van der Waals surface area contributed by atoms with Crippen molar-refractivity contribution in [2.75, 3.05) is 27.2 Å². The lowest BCUT2D eigenvalue weighted by molar-refractivity contribution is -0.126. The summed E-state index contributed by atoms with van der Waals surface area (Å²) in [5.74, 6) is 0.638. The molecule has 0 radical (unpaired) electrons. The van der Waals surface area contributed by atoms with Gasteiger partial charge in [0.15, 0.2) is 0 Å². The molecule has 0 aromatic heterocycles. The highest BCUT2D eigenvalue weighted by Gasteiger charge is 2.32. The van der Waals surface area contributed by atoms with Crippen LogP contribution in [0.15, 0.2) is 30.3 Å². The summed E-state index contributed by atoms with van der Waals surface area (Å²) in [4.78, 5) is 14.5. The maximum atomic E-state index is 12.4. The zero-order chi connectivity index (χ0) is 15.2. The van der Waals surface area contributed by atoms with E-state index >= 15 is 0 Å². The molecule has 0 saturated heterocycles. The van der Waals surface area contributed by atoms with Crippen LogP contribution in [0.25, 0.3) is 0 Å². The lowest BCUT2D eigenvalue weighted by atomic mass is 9.95. The van der Waals surface area contributed by atoms with Gasteiger partial charge in [-0.05, 0) is 45.0 Å². The van der Waals surface area contributed by atoms with Crippen LogP contribution in [0.1, 0.15) is 30.9 Å². The molecule has 1 aliphatic rings. The van der Waals surface area contributed by atoms with Crippen molar-refractivity contribution in [2.24, 2.45) is 17.6 Å². The largest absolute Gasteiger partial charge is 0.354 e. The standard InChI is InChI=1S/C17H27N3O/c1-20(2)16(13-7-4-3-5-8-13)12-19-17(21)15-10-6-9-14(15)11-18/h3-5,7-8,14-16H,6,9-12,18H2,1-2H3,(H,19,21)/t14-,15-,16?/m1/s1. The van der Waals surface area contributed by atoms with E-state index in [4.69, 9.17) is 5.73 Å². The molecule has 3 atom stereocenters. The summed E-state index contributed by atoms with van der Waals surface area (Å²) >= 11 is 0. The minimum atomic E-state index is 0.105. The molecule has 1 aromatic carbocycles. The summed E-state index contributed by atoms with van der Waals surface area (Å²) < 4.78 is 0. The van der Waals surface area contributed by atoms with Crippen molar-refractivity contribution in [3.8, 4) is 0 Å². The van der Waals surface area contributed by atoms with Crippen LogP contribution in [0.4, 0.5) is 0 Å². The minimum absolute atomic E-state index is 0.105. The van der Waals surface area contributed by atoms with Gasteiger partial charge in [-0.2, -0.15) is 0 Å². The Morgan fingerprint density at radius 2 is 2.05 bits per heavy atom. The Morgan fingerprint density at radius 1 is 1.33 bits per heavy atom. The molecule has 116 valence electrons. The van der Waals surface area contributed by atoms with E-state index < -0.39 is 0 Å². The molecule has 0 bridgehead atoms. The van der Waals surface area contributed by atoms with Crippen LogP contribution >= 0.6 is 0 Å². The van der Waals surface area contributed by atoms with Crippen LogP contribution in [0, 0.1) is 11.8 Å². The Morgan fingerprint density at radius 3 is 2.67 bits per heavy atom. The van der Waals surface area contributed by atoms with Gasteiger partial charge < -0.3 is 16.0 Å². The average Bonchev–Trinajstić information content (AvgIpc) is 2.96. The normalized spacial score (nSPS) is 23.2. The van der Waals surface area contributed by atoms with Gasteiger partial charge in [0.2, 0.25) is 5.91 Å². The van der Waals surface area contributed by atoms with E-state index in [1.807, 2.05) is 32.3 Å². The zero-order valence-corrected chi connectivity index (χ0v) is 13.1. The van der Waals surface area contributed by atoms with Crippen molar-refractivity contribution in [1.29, 1.82) is 0 Å². The fourth-order valence-electron chi connectivity index (χ4n) is 3.27. The summed E-state index contributed by atoms with van der Waals surface area (Å²) in [6.45, 7) is 1.26. The monoisotopic (exact) mass is 289 g/mol. The fourth-order valence-corrected chi connectivity index (χ4v) is 3.27. The number of rotatable bonds is 6. The predicted molar refractivity (Wildman–Crippen MR) is 85.8 cm³/mol. The van der Waals surface area contributed by atoms with Crippen molar-refractivity contribution < 1.29 is 4.79 Å². The van der Waals surface area contributed by atoms with Gasteiger partial charge in [-0.1, -0.05) is 36.8 Å². The molecule has 1 aromatic rings. The molecule has 2 rings (SSSR count). The Kier molecular flexibility index (Phi) is 5.76. The number of nitrogens with two attached hydrogens (primary N) is 1. The summed E-state index contributed by atoms with van der Waals surface area (Å²) in [6.07, 6.45) is 3.19. The first kappa shape index (κ1) is 16.0. The van der Waals surface area contributed by atoms with Crippen LogP contribution in [0.5, 0.6) is 0 Å². The Hall–Kier alpha value is -1.39. The fraction of sp³-hybridized carbons (Fsp3) is 0.588. The van der Waals surface area contributed by atoms with Gasteiger partial charge in [-0.3, -0.25) is 4.79 Å². The first-order chi connectivity index (χ1) is 10.1. The van der Waals surface area contributed by atoms with E-state index in [1.165, 1.54) is 5.56 Å². The molecule has 4 heteroatoms. The third kappa shape index (κ3) is 4.05. The number of carbonyl (C=O) groups is 1. The highest BCUT2D eigenvalue weighted by molar-refractivity contribution is 5.79. The molecule has 0 spiro atoms. The van der Waals surface area contributed by atoms with E-state index in [9.17, 15) is 4.79 Å². The molecule has 21 heavy (non-hydrogen) atoms. The van der Waals surface area contributed by atoms with Crippen molar-refractivity contribution >= 4 is 5.91 Å². The zero-order valence-electron chi connectivity index (χ0n) is 13.1. The quantitative estimate of drug-likeness (QED) is 0.839. The van der Waals surface area contributed by atoms with Gasteiger partial charge in [0, 0.05) is 12.5 Å². The first-order valence-electron chi connectivity index (χ1n) is 7.82. The van der Waals surface area contributed by atoms with Crippen LogP contribution in [0.3, 0.4) is 0 Å². The van der Waals surface area contributed by atoms with E-state index in [0.717, 1.165) is 19.3 Å². The third-order valence-electron chi connectivity index (χ3n) is 4.58. The maximum absolute atomic E-state index is 12.4. The van der Waals surface area contributed by atoms with Crippen LogP contribution in [-0.2, 0) is 4.79 Å². The number of amides is 1. The van der Waals surface area contributed by atoms with Crippen LogP contribution < -0.4 is 11.1 Å². The van der Waals surface area contributed by atoms with Gasteiger partial charge in [0.1, 0.15) is 0 Å². The molecular weight excluding hydrogens is 262 g/mol. The van der Waals surface area contributed by atoms with Crippen LogP contribution in [-0.4, -0.2) is 38.0 Å². The van der Waals surface area contributed by atoms with Gasteiger partial charge in [-0.15, -0.1) is 0 Å². The Balaban J connectivity index is 1.95. The lowest BCUT2D eigenvalue weighted by Crippen LogP contribution is -2.39. The molecule has 4 nitrogen and oxygen atoms in total. The third-order valence-corrected chi connectivity index (χ3v) is 4.58. The second-order valence-electron chi connectivity index (χ2n) is 6.17. The second-order valence-corrected chi connectivity index (χ2v) is 6.17. The number of nitrogens with zero attached hydrogens (tertiary/aromatic N) is 1. The summed E-state index contributed by atoms with van der Waals surface area (Å²) in [6, 6.07) is 10.5. The molecule has 1 fully saturated rings. The van der Waals surface area contributed by atoms with Gasteiger partial charge in [0.05, 0.1) is 6.04 Å². The maximum Gasteiger partial charge on any atom is 0.223 e. The molecule has 0 aliphatic heterocycles. The molecular formula is C17H27N3O. The minimum Gasteiger partial charge on any atom is -0.354 e. The van der Waals surface area contributed by atoms with E-state index in [1.54, 1.807) is 0 Å². The number of carbonyl (C=O) groups excluding carboxylic acids is 1. The molecule has 1 amide bonds. The second kappa shape index (κ2) is 7.57. The van der Waals surface area contributed by atoms with Crippen molar-refractivity contribution in [3.63, 3.8) is 0 Å². The molecule has 1 aliphatic carbocycles. The Labute approximate surface area is 127 Å². The summed E-state index contributed by atoms with van der Waals surface area (Å²) in [7, 11) is 4.09. The van der Waals surface area contributed by atoms with Gasteiger partial charge in [0.25, 0.3) is 0 Å². The van der Waals surface area contributed by atoms with E-state index in [-0.39, 0.29) is 17.9 Å². The SMILES string of the molecule is CN(C)C(CNC(=O)[C@@H]1CCC[C@@H]1CN)c1ccccc1. The van der Waals surface area contributed by atoms with Crippen LogP contribution in [0.2, 0.25) is 0 Å². The number of hydrogen-bond donors (Lipinski definition) is 2. The summed E-state index contributed by atoms with van der Waals surface area (Å²) in [5, 5.41) is 3.13. The number of benzene rings is 1. The van der Waals surface area contributed by atoms with Gasteiger partial charge >= 0.3 is 0 Å². The average molecular weight is 289 g/mol. The Bertz CT molecular complexity index is 447. The summed E-state index contributed by atoms with van der Waals surface area (Å²) in [5.41, 5.74) is 7.00. The molecule has 0 heterocycles. The molecule has 1 unspecified atom stereocenters. The lowest BCUT2D eigenvalue weighted by Gasteiger charge is -2.26. The van der Waals surface area contributed by atoms with Crippen molar-refractivity contribution in [3.05, 3.63) is 35.9 Å². The molecule has 3 N–H and O–H groups in total. The first-order valence-corrected chi connectivity index (χ1v) is 7.82. The number of nitrogens with one attached hydrogen (secondary N) is 1. The predicted octanol–water partition coefficient (Wildman–Crippen LogP) is 1.78. The van der Waals surface area contributed by atoms with Crippen molar-refractivity contribution in [2.45, 2.75) is 25.3 Å².